The molecule has 0 aromatic carbocycles. The van der Waals surface area contributed by atoms with E-state index in [1.54, 1.807) is 23.9 Å². The van der Waals surface area contributed by atoms with E-state index in [-0.39, 0.29) is 6.04 Å². The molecule has 2 nitrogen and oxygen atoms in total. The number of hydrogen-bond donors (Lipinski definition) is 2. The van der Waals surface area contributed by atoms with Crippen LogP contribution < -0.4 is 5.73 Å². The third-order valence-corrected chi connectivity index (χ3v) is 2.96. The van der Waals surface area contributed by atoms with E-state index in [1.807, 2.05) is 6.26 Å². The van der Waals surface area contributed by atoms with Crippen LogP contribution in [0.25, 0.3) is 0 Å². The van der Waals surface area contributed by atoms with Crippen LogP contribution in [0.5, 0.6) is 0 Å². The molecular weight excluding hydrogens is 194 g/mol. The molecule has 0 aliphatic rings. The van der Waals surface area contributed by atoms with Crippen molar-refractivity contribution in [2.24, 2.45) is 5.73 Å². The Morgan fingerprint density at radius 3 is 2.29 bits per heavy atom. The summed E-state index contributed by atoms with van der Waals surface area (Å²) in [4.78, 5) is 0. The van der Waals surface area contributed by atoms with Crippen LogP contribution >= 0.6 is 11.8 Å². The molecule has 0 aromatic heterocycles. The second-order valence-corrected chi connectivity index (χ2v) is 4.46. The highest BCUT2D eigenvalue weighted by molar-refractivity contribution is 7.98. The third kappa shape index (κ3) is 4.31. The van der Waals surface area contributed by atoms with E-state index in [1.165, 1.54) is 0 Å². The summed E-state index contributed by atoms with van der Waals surface area (Å²) in [6.07, 6.45) is 7.32. The number of aliphatic hydroxyl groups is 1. The van der Waals surface area contributed by atoms with E-state index in [4.69, 9.17) is 5.73 Å². The highest BCUT2D eigenvalue weighted by Gasteiger charge is 2.31. The van der Waals surface area contributed by atoms with Crippen molar-refractivity contribution in [3.8, 4) is 0 Å². The van der Waals surface area contributed by atoms with Gasteiger partial charge in [-0.05, 0) is 31.3 Å². The fourth-order valence-corrected chi connectivity index (χ4v) is 1.89. The Labute approximate surface area is 91.3 Å². The van der Waals surface area contributed by atoms with E-state index in [0.29, 0.717) is 12.8 Å². The summed E-state index contributed by atoms with van der Waals surface area (Å²) < 4.78 is 0. The zero-order valence-corrected chi connectivity index (χ0v) is 9.72. The average molecular weight is 215 g/mol. The lowest BCUT2D eigenvalue weighted by molar-refractivity contribution is 0.0189. The number of thioether (sulfide) groups is 1. The smallest absolute Gasteiger partial charge is 0.0866 e. The van der Waals surface area contributed by atoms with Gasteiger partial charge in [-0.25, -0.2) is 0 Å². The molecule has 0 fully saturated rings. The molecule has 0 unspecified atom stereocenters. The predicted molar refractivity (Wildman–Crippen MR) is 65.6 cm³/mol. The van der Waals surface area contributed by atoms with Crippen LogP contribution in [-0.4, -0.2) is 28.8 Å². The minimum atomic E-state index is -0.862. The molecule has 0 spiro atoms. The molecule has 0 radical (unpaired) electrons. The van der Waals surface area contributed by atoms with Crippen LogP contribution in [0, 0.1) is 0 Å². The van der Waals surface area contributed by atoms with Gasteiger partial charge in [0.15, 0.2) is 0 Å². The average Bonchev–Trinajstić information content (AvgIpc) is 2.15. The van der Waals surface area contributed by atoms with Crippen molar-refractivity contribution >= 4 is 11.8 Å². The summed E-state index contributed by atoms with van der Waals surface area (Å²) >= 11 is 1.74. The van der Waals surface area contributed by atoms with Gasteiger partial charge in [-0.2, -0.15) is 11.8 Å². The first kappa shape index (κ1) is 13.8. The molecule has 0 amide bonds. The summed E-state index contributed by atoms with van der Waals surface area (Å²) in [5.74, 6) is 0.970. The van der Waals surface area contributed by atoms with E-state index >= 15 is 0 Å². The van der Waals surface area contributed by atoms with Gasteiger partial charge in [-0.15, -0.1) is 13.2 Å². The fraction of sp³-hybridized carbons (Fsp3) is 0.636. The maximum atomic E-state index is 10.2. The standard InChI is InChI=1S/C11H21NOS/c1-4-7-11(13,8-5-2)10(12)6-9-14-3/h4-5,10,13H,1-2,6-9,12H2,3H3/t10-/m0/s1. The van der Waals surface area contributed by atoms with Crippen molar-refractivity contribution in [2.75, 3.05) is 12.0 Å². The topological polar surface area (TPSA) is 46.2 Å². The zero-order chi connectivity index (χ0) is 11.0. The summed E-state index contributed by atoms with van der Waals surface area (Å²) in [7, 11) is 0. The third-order valence-electron chi connectivity index (χ3n) is 2.32. The van der Waals surface area contributed by atoms with Gasteiger partial charge in [0.25, 0.3) is 0 Å². The van der Waals surface area contributed by atoms with Crippen molar-refractivity contribution < 1.29 is 5.11 Å². The molecule has 0 aliphatic carbocycles. The van der Waals surface area contributed by atoms with Crippen LogP contribution in [0.3, 0.4) is 0 Å². The summed E-state index contributed by atoms with van der Waals surface area (Å²) in [6.45, 7) is 7.27. The Balaban J connectivity index is 4.28. The van der Waals surface area contributed by atoms with Gasteiger partial charge < -0.3 is 10.8 Å². The Morgan fingerprint density at radius 2 is 1.93 bits per heavy atom. The predicted octanol–water partition coefficient (Wildman–Crippen LogP) is 1.95. The van der Waals surface area contributed by atoms with E-state index in [9.17, 15) is 5.11 Å². The maximum absolute atomic E-state index is 10.2. The summed E-state index contributed by atoms with van der Waals surface area (Å²) in [6, 6.07) is -0.203. The van der Waals surface area contributed by atoms with Gasteiger partial charge in [0.2, 0.25) is 0 Å². The molecule has 0 aromatic rings. The van der Waals surface area contributed by atoms with Gasteiger partial charge in [0.1, 0.15) is 0 Å². The quantitative estimate of drug-likeness (QED) is 0.608. The molecule has 0 saturated heterocycles. The molecular formula is C11H21NOS. The lowest BCUT2D eigenvalue weighted by atomic mass is 9.86. The van der Waals surface area contributed by atoms with E-state index < -0.39 is 5.60 Å². The Hall–Kier alpha value is -0.250. The van der Waals surface area contributed by atoms with Crippen LogP contribution in [0.15, 0.2) is 25.3 Å². The van der Waals surface area contributed by atoms with Gasteiger partial charge in [-0.1, -0.05) is 12.2 Å². The Morgan fingerprint density at radius 1 is 1.43 bits per heavy atom. The molecule has 82 valence electrons. The fourth-order valence-electron chi connectivity index (χ4n) is 1.40. The Kier molecular flexibility index (Phi) is 6.97. The summed E-state index contributed by atoms with van der Waals surface area (Å²) in [5, 5.41) is 10.2. The zero-order valence-electron chi connectivity index (χ0n) is 8.91. The first-order valence-electron chi connectivity index (χ1n) is 4.79. The van der Waals surface area contributed by atoms with Crippen molar-refractivity contribution in [3.63, 3.8) is 0 Å². The molecule has 0 aliphatic heterocycles. The van der Waals surface area contributed by atoms with Crippen molar-refractivity contribution in [1.82, 2.24) is 0 Å². The molecule has 3 heteroatoms. The normalized spacial score (nSPS) is 13.6. The molecule has 0 saturated carbocycles. The van der Waals surface area contributed by atoms with Crippen molar-refractivity contribution in [1.29, 1.82) is 0 Å². The van der Waals surface area contributed by atoms with Crippen LogP contribution in [-0.2, 0) is 0 Å². The highest BCUT2D eigenvalue weighted by atomic mass is 32.2. The Bertz CT molecular complexity index is 172. The second-order valence-electron chi connectivity index (χ2n) is 3.48. The molecule has 3 N–H and O–H groups in total. The largest absolute Gasteiger partial charge is 0.388 e. The van der Waals surface area contributed by atoms with E-state index in [0.717, 1.165) is 12.2 Å². The van der Waals surface area contributed by atoms with Gasteiger partial charge in [0.05, 0.1) is 5.60 Å². The van der Waals surface area contributed by atoms with Gasteiger partial charge in [-0.3, -0.25) is 0 Å². The molecule has 0 bridgehead atoms. The number of hydrogen-bond acceptors (Lipinski definition) is 3. The first-order chi connectivity index (χ1) is 6.60. The number of rotatable bonds is 8. The highest BCUT2D eigenvalue weighted by Crippen LogP contribution is 2.22. The number of nitrogens with two attached hydrogens (primary N) is 1. The maximum Gasteiger partial charge on any atom is 0.0866 e. The lowest BCUT2D eigenvalue weighted by Crippen LogP contribution is -2.47. The van der Waals surface area contributed by atoms with Crippen LogP contribution in [0.2, 0.25) is 0 Å². The molecule has 0 rings (SSSR count). The SMILES string of the molecule is C=CCC(O)(CC=C)[C@@H](N)CCSC. The minimum absolute atomic E-state index is 0.203. The molecule has 0 heterocycles. The summed E-state index contributed by atoms with van der Waals surface area (Å²) in [5.41, 5.74) is 5.09. The molecule has 1 atom stereocenters. The van der Waals surface area contributed by atoms with E-state index in [2.05, 4.69) is 13.2 Å². The molecule has 14 heavy (non-hydrogen) atoms. The second kappa shape index (κ2) is 7.10. The van der Waals surface area contributed by atoms with Crippen LogP contribution in [0.4, 0.5) is 0 Å². The van der Waals surface area contributed by atoms with Gasteiger partial charge >= 0.3 is 0 Å². The van der Waals surface area contributed by atoms with Crippen molar-refractivity contribution in [3.05, 3.63) is 25.3 Å². The van der Waals surface area contributed by atoms with Crippen LogP contribution in [0.1, 0.15) is 19.3 Å². The van der Waals surface area contributed by atoms with Gasteiger partial charge in [0, 0.05) is 6.04 Å². The first-order valence-corrected chi connectivity index (χ1v) is 6.18. The minimum Gasteiger partial charge on any atom is -0.388 e. The van der Waals surface area contributed by atoms with Crippen molar-refractivity contribution in [2.45, 2.75) is 30.9 Å². The monoisotopic (exact) mass is 215 g/mol. The lowest BCUT2D eigenvalue weighted by Gasteiger charge is -2.32.